The molecule has 3 rings (SSSR count). The van der Waals surface area contributed by atoms with Crippen molar-refractivity contribution in [3.05, 3.63) is 65.7 Å². The van der Waals surface area contributed by atoms with E-state index in [1.54, 1.807) is 11.9 Å². The van der Waals surface area contributed by atoms with E-state index in [9.17, 15) is 9.59 Å². The molecule has 3 N–H and O–H groups in total. The second-order valence-electron chi connectivity index (χ2n) is 6.76. The molecule has 0 saturated heterocycles. The topological polar surface area (TPSA) is 75.4 Å². The molecular weight excluding hydrogens is 314 g/mol. The van der Waals surface area contributed by atoms with Crippen LogP contribution in [0.1, 0.15) is 24.0 Å². The van der Waals surface area contributed by atoms with E-state index in [0.717, 1.165) is 24.1 Å². The summed E-state index contributed by atoms with van der Waals surface area (Å²) in [5.74, 6) is -0.0338. The zero-order valence-electron chi connectivity index (χ0n) is 14.4. The van der Waals surface area contributed by atoms with Gasteiger partial charge in [0.05, 0.1) is 6.42 Å². The number of benzene rings is 2. The van der Waals surface area contributed by atoms with Crippen molar-refractivity contribution >= 4 is 17.6 Å². The highest BCUT2D eigenvalue weighted by atomic mass is 16.2. The number of nitrogens with one attached hydrogen (secondary N) is 1. The van der Waals surface area contributed by atoms with Crippen LogP contribution in [-0.2, 0) is 16.6 Å². The van der Waals surface area contributed by atoms with Crippen molar-refractivity contribution in [3.63, 3.8) is 0 Å². The van der Waals surface area contributed by atoms with Crippen LogP contribution in [0.5, 0.6) is 0 Å². The van der Waals surface area contributed by atoms with E-state index in [4.69, 9.17) is 5.73 Å². The van der Waals surface area contributed by atoms with Crippen LogP contribution in [0.15, 0.2) is 54.6 Å². The second kappa shape index (κ2) is 6.97. The fourth-order valence-corrected chi connectivity index (χ4v) is 3.11. The summed E-state index contributed by atoms with van der Waals surface area (Å²) in [5, 5.41) is 2.93. The van der Waals surface area contributed by atoms with Crippen LogP contribution in [0.25, 0.3) is 0 Å². The highest BCUT2D eigenvalue weighted by Crippen LogP contribution is 2.48. The van der Waals surface area contributed by atoms with Crippen molar-refractivity contribution in [2.24, 2.45) is 5.73 Å². The number of carbonyl (C=O) groups is 2. The monoisotopic (exact) mass is 337 g/mol. The summed E-state index contributed by atoms with van der Waals surface area (Å²) in [6, 6.07) is 17.2. The number of anilines is 1. The number of nitrogens with two attached hydrogens (primary N) is 1. The molecule has 0 radical (unpaired) electrons. The van der Waals surface area contributed by atoms with Crippen LogP contribution >= 0.6 is 0 Å². The van der Waals surface area contributed by atoms with Crippen LogP contribution in [-0.4, -0.2) is 30.4 Å². The van der Waals surface area contributed by atoms with Gasteiger partial charge >= 0.3 is 6.03 Å². The van der Waals surface area contributed by atoms with Crippen LogP contribution in [0.2, 0.25) is 0 Å². The molecule has 0 atom stereocenters. The van der Waals surface area contributed by atoms with Gasteiger partial charge in [-0.1, -0.05) is 42.5 Å². The molecule has 0 aromatic heterocycles. The first-order chi connectivity index (χ1) is 12.0. The van der Waals surface area contributed by atoms with E-state index in [-0.39, 0.29) is 11.3 Å². The third-order valence-corrected chi connectivity index (χ3v) is 4.76. The standard InChI is InChI=1S/C20H23N3O2/c1-23(19(21)25)14-20(11-12-20)16-7-9-17(10-8-16)22-18(24)13-15-5-3-2-4-6-15/h2-10H,11-14H2,1H3,(H2,21,25)(H,22,24). The smallest absolute Gasteiger partial charge is 0.314 e. The maximum absolute atomic E-state index is 12.1. The van der Waals surface area contributed by atoms with Gasteiger partial charge in [-0.05, 0) is 36.1 Å². The largest absolute Gasteiger partial charge is 0.351 e. The van der Waals surface area contributed by atoms with Gasteiger partial charge in [0.1, 0.15) is 0 Å². The molecule has 1 aliphatic rings. The van der Waals surface area contributed by atoms with E-state index in [2.05, 4.69) is 5.32 Å². The average Bonchev–Trinajstić information content (AvgIpc) is 3.37. The number of amides is 3. The lowest BCUT2D eigenvalue weighted by molar-refractivity contribution is -0.115. The first-order valence-electron chi connectivity index (χ1n) is 8.43. The third-order valence-electron chi connectivity index (χ3n) is 4.76. The van der Waals surface area contributed by atoms with Crippen molar-refractivity contribution in [1.29, 1.82) is 0 Å². The second-order valence-corrected chi connectivity index (χ2v) is 6.76. The normalized spacial score (nSPS) is 14.6. The first kappa shape index (κ1) is 17.0. The summed E-state index contributed by atoms with van der Waals surface area (Å²) >= 11 is 0. The maximum Gasteiger partial charge on any atom is 0.314 e. The third kappa shape index (κ3) is 4.18. The van der Waals surface area contributed by atoms with Crippen LogP contribution in [0, 0.1) is 0 Å². The number of hydrogen-bond donors (Lipinski definition) is 2. The summed E-state index contributed by atoms with van der Waals surface area (Å²) in [4.78, 5) is 24.9. The van der Waals surface area contributed by atoms with Gasteiger partial charge in [-0.25, -0.2) is 4.79 Å². The molecule has 1 aliphatic carbocycles. The number of rotatable bonds is 6. The predicted molar refractivity (Wildman–Crippen MR) is 98.3 cm³/mol. The number of nitrogens with zero attached hydrogens (tertiary/aromatic N) is 1. The number of likely N-dealkylation sites (N-methyl/N-ethyl adjacent to an activating group) is 1. The van der Waals surface area contributed by atoms with Gasteiger partial charge in [0.2, 0.25) is 5.91 Å². The van der Waals surface area contributed by atoms with Crippen LogP contribution in [0.3, 0.4) is 0 Å². The Morgan fingerprint density at radius 2 is 1.72 bits per heavy atom. The summed E-state index contributed by atoms with van der Waals surface area (Å²) in [6.07, 6.45) is 2.45. The first-order valence-corrected chi connectivity index (χ1v) is 8.43. The van der Waals surface area contributed by atoms with Crippen LogP contribution in [0.4, 0.5) is 10.5 Å². The molecule has 2 aromatic rings. The Morgan fingerprint density at radius 3 is 2.28 bits per heavy atom. The van der Waals surface area contributed by atoms with Gasteiger partial charge in [0.15, 0.2) is 0 Å². The fourth-order valence-electron chi connectivity index (χ4n) is 3.11. The lowest BCUT2D eigenvalue weighted by atomic mass is 9.95. The maximum atomic E-state index is 12.1. The SMILES string of the molecule is CN(CC1(c2ccc(NC(=O)Cc3ccccc3)cc2)CC1)C(N)=O. The van der Waals surface area contributed by atoms with Gasteiger partial charge in [-0.2, -0.15) is 0 Å². The average molecular weight is 337 g/mol. The van der Waals surface area contributed by atoms with Gasteiger partial charge in [-0.15, -0.1) is 0 Å². The fraction of sp³-hybridized carbons (Fsp3) is 0.300. The predicted octanol–water partition coefficient (Wildman–Crippen LogP) is 2.91. The van der Waals surface area contributed by atoms with Gasteiger partial charge in [0, 0.05) is 24.7 Å². The molecule has 130 valence electrons. The molecule has 0 spiro atoms. The van der Waals surface area contributed by atoms with Crippen LogP contribution < -0.4 is 11.1 Å². The molecule has 0 heterocycles. The van der Waals surface area contributed by atoms with E-state index in [1.807, 2.05) is 54.6 Å². The molecule has 5 nitrogen and oxygen atoms in total. The number of primary amides is 1. The van der Waals surface area contributed by atoms with Crippen molar-refractivity contribution in [1.82, 2.24) is 4.90 Å². The molecule has 2 aromatic carbocycles. The van der Waals surface area contributed by atoms with Gasteiger partial charge in [-0.3, -0.25) is 4.79 Å². The Hall–Kier alpha value is -2.82. The lowest BCUT2D eigenvalue weighted by Gasteiger charge is -2.23. The molecule has 25 heavy (non-hydrogen) atoms. The lowest BCUT2D eigenvalue weighted by Crippen LogP contribution is -2.37. The Kier molecular flexibility index (Phi) is 4.74. The molecule has 5 heteroatoms. The van der Waals surface area contributed by atoms with E-state index in [0.29, 0.717) is 13.0 Å². The summed E-state index contributed by atoms with van der Waals surface area (Å²) in [7, 11) is 1.72. The van der Waals surface area contributed by atoms with Crippen molar-refractivity contribution < 1.29 is 9.59 Å². The summed E-state index contributed by atoms with van der Waals surface area (Å²) in [5.41, 5.74) is 8.29. The highest BCUT2D eigenvalue weighted by Gasteiger charge is 2.45. The molecular formula is C20H23N3O2. The van der Waals surface area contributed by atoms with E-state index >= 15 is 0 Å². The molecule has 1 fully saturated rings. The van der Waals surface area contributed by atoms with Crippen molar-refractivity contribution in [3.8, 4) is 0 Å². The highest BCUT2D eigenvalue weighted by molar-refractivity contribution is 5.92. The zero-order chi connectivity index (χ0) is 17.9. The molecule has 0 bridgehead atoms. The number of urea groups is 1. The Morgan fingerprint density at radius 1 is 1.08 bits per heavy atom. The zero-order valence-corrected chi connectivity index (χ0v) is 14.4. The molecule has 3 amide bonds. The quantitative estimate of drug-likeness (QED) is 0.850. The number of carbonyl (C=O) groups excluding carboxylic acids is 2. The summed E-state index contributed by atoms with van der Waals surface area (Å²) in [6.45, 7) is 0.627. The van der Waals surface area contributed by atoms with Crippen molar-refractivity contribution in [2.45, 2.75) is 24.7 Å². The van der Waals surface area contributed by atoms with Gasteiger partial charge < -0.3 is 16.0 Å². The van der Waals surface area contributed by atoms with E-state index < -0.39 is 6.03 Å². The van der Waals surface area contributed by atoms with E-state index in [1.165, 1.54) is 5.56 Å². The summed E-state index contributed by atoms with van der Waals surface area (Å²) < 4.78 is 0. The molecule has 0 aliphatic heterocycles. The minimum absolute atomic E-state index is 0.0103. The van der Waals surface area contributed by atoms with Gasteiger partial charge in [0.25, 0.3) is 0 Å². The Balaban J connectivity index is 1.61. The number of hydrogen-bond acceptors (Lipinski definition) is 2. The molecule has 0 unspecified atom stereocenters. The Bertz CT molecular complexity index is 752. The minimum atomic E-state index is -0.406. The molecule has 1 saturated carbocycles. The van der Waals surface area contributed by atoms with Crippen molar-refractivity contribution in [2.75, 3.05) is 18.9 Å². The minimum Gasteiger partial charge on any atom is -0.351 e. The Labute approximate surface area is 147 Å².